The first-order chi connectivity index (χ1) is 8.05. The molecule has 1 fully saturated rings. The SMILES string of the molecule is CC(C)(CCCO)CNC(=O)[C@H]1CCCCN1. The van der Waals surface area contributed by atoms with Crippen molar-refractivity contribution in [1.82, 2.24) is 10.6 Å². The van der Waals surface area contributed by atoms with Crippen LogP contribution in [0.3, 0.4) is 0 Å². The number of hydrogen-bond acceptors (Lipinski definition) is 3. The van der Waals surface area contributed by atoms with E-state index in [0.717, 1.165) is 32.2 Å². The zero-order chi connectivity index (χ0) is 12.7. The molecule has 1 rings (SSSR count). The van der Waals surface area contributed by atoms with E-state index in [0.29, 0.717) is 6.54 Å². The summed E-state index contributed by atoms with van der Waals surface area (Å²) in [5.41, 5.74) is 0.0626. The molecule has 4 nitrogen and oxygen atoms in total. The maximum atomic E-state index is 11.9. The molecule has 0 saturated carbocycles. The Kier molecular flexibility index (Phi) is 5.92. The number of nitrogens with one attached hydrogen (secondary N) is 2. The summed E-state index contributed by atoms with van der Waals surface area (Å²) in [6.45, 7) is 6.10. The zero-order valence-corrected chi connectivity index (χ0v) is 11.1. The minimum atomic E-state index is -0.00241. The van der Waals surface area contributed by atoms with Crippen molar-refractivity contribution in [2.45, 2.75) is 52.0 Å². The molecule has 0 aliphatic carbocycles. The second-order valence-electron chi connectivity index (χ2n) is 5.71. The Labute approximate surface area is 104 Å². The fraction of sp³-hybridized carbons (Fsp3) is 0.923. The number of rotatable bonds is 6. The normalized spacial score (nSPS) is 21.2. The molecule has 0 aromatic heterocycles. The van der Waals surface area contributed by atoms with Gasteiger partial charge in [0.15, 0.2) is 0 Å². The standard InChI is InChI=1S/C13H26N2O2/c1-13(2,7-5-9-16)10-15-12(17)11-6-3-4-8-14-11/h11,14,16H,3-10H2,1-2H3,(H,15,17)/t11-/m1/s1. The van der Waals surface area contributed by atoms with Gasteiger partial charge in [-0.3, -0.25) is 4.79 Å². The lowest BCUT2D eigenvalue weighted by Crippen LogP contribution is -2.48. The molecule has 0 spiro atoms. The van der Waals surface area contributed by atoms with Crippen LogP contribution in [0.4, 0.5) is 0 Å². The molecule has 3 N–H and O–H groups in total. The summed E-state index contributed by atoms with van der Waals surface area (Å²) in [4.78, 5) is 11.9. The second-order valence-corrected chi connectivity index (χ2v) is 5.71. The molecule has 4 heteroatoms. The summed E-state index contributed by atoms with van der Waals surface area (Å²) < 4.78 is 0. The van der Waals surface area contributed by atoms with Crippen molar-refractivity contribution < 1.29 is 9.90 Å². The lowest BCUT2D eigenvalue weighted by atomic mass is 9.87. The van der Waals surface area contributed by atoms with Crippen molar-refractivity contribution in [3.63, 3.8) is 0 Å². The minimum Gasteiger partial charge on any atom is -0.396 e. The Balaban J connectivity index is 2.26. The first-order valence-corrected chi connectivity index (χ1v) is 6.67. The highest BCUT2D eigenvalue weighted by Crippen LogP contribution is 2.20. The lowest BCUT2D eigenvalue weighted by molar-refractivity contribution is -0.124. The Morgan fingerprint density at radius 2 is 2.24 bits per heavy atom. The molecule has 0 unspecified atom stereocenters. The molecule has 1 aliphatic rings. The predicted octanol–water partition coefficient (Wildman–Crippen LogP) is 1.04. The maximum Gasteiger partial charge on any atom is 0.237 e. The predicted molar refractivity (Wildman–Crippen MR) is 68.8 cm³/mol. The van der Waals surface area contributed by atoms with Crippen LogP contribution < -0.4 is 10.6 Å². The fourth-order valence-corrected chi connectivity index (χ4v) is 2.17. The van der Waals surface area contributed by atoms with E-state index in [4.69, 9.17) is 5.11 Å². The van der Waals surface area contributed by atoms with Crippen molar-refractivity contribution >= 4 is 5.91 Å². The van der Waals surface area contributed by atoms with Gasteiger partial charge >= 0.3 is 0 Å². The Hall–Kier alpha value is -0.610. The second kappa shape index (κ2) is 6.97. The van der Waals surface area contributed by atoms with Gasteiger partial charge in [-0.2, -0.15) is 0 Å². The minimum absolute atomic E-state index is 0.00241. The highest BCUT2D eigenvalue weighted by Gasteiger charge is 2.23. The van der Waals surface area contributed by atoms with Crippen molar-refractivity contribution in [2.75, 3.05) is 19.7 Å². The molecule has 0 radical (unpaired) electrons. The molecule has 1 heterocycles. The number of aliphatic hydroxyl groups excluding tert-OH is 1. The van der Waals surface area contributed by atoms with Gasteiger partial charge in [0.05, 0.1) is 6.04 Å². The Morgan fingerprint density at radius 1 is 1.47 bits per heavy atom. The van der Waals surface area contributed by atoms with Crippen molar-refractivity contribution in [2.24, 2.45) is 5.41 Å². The van der Waals surface area contributed by atoms with E-state index in [1.807, 2.05) is 0 Å². The van der Waals surface area contributed by atoms with Crippen molar-refractivity contribution in [3.8, 4) is 0 Å². The van der Waals surface area contributed by atoms with Crippen LogP contribution in [0.2, 0.25) is 0 Å². The van der Waals surface area contributed by atoms with Gasteiger partial charge in [0.25, 0.3) is 0 Å². The molecule has 1 amide bonds. The van der Waals surface area contributed by atoms with Crippen LogP contribution in [0.1, 0.15) is 46.0 Å². The first-order valence-electron chi connectivity index (χ1n) is 6.67. The van der Waals surface area contributed by atoms with Gasteiger partial charge in [-0.1, -0.05) is 20.3 Å². The molecule has 1 atom stereocenters. The molecule has 1 saturated heterocycles. The summed E-state index contributed by atoms with van der Waals surface area (Å²) in [6.07, 6.45) is 4.99. The number of carbonyl (C=O) groups excluding carboxylic acids is 1. The van der Waals surface area contributed by atoms with Gasteiger partial charge in [-0.15, -0.1) is 0 Å². The molecule has 17 heavy (non-hydrogen) atoms. The van der Waals surface area contributed by atoms with E-state index in [1.54, 1.807) is 0 Å². The van der Waals surface area contributed by atoms with Gasteiger partial charge in [-0.25, -0.2) is 0 Å². The van der Waals surface area contributed by atoms with Crippen LogP contribution in [0, 0.1) is 5.41 Å². The molecule has 0 aromatic carbocycles. The zero-order valence-electron chi connectivity index (χ0n) is 11.1. The van der Waals surface area contributed by atoms with Crippen LogP contribution >= 0.6 is 0 Å². The molecular weight excluding hydrogens is 216 g/mol. The molecular formula is C13H26N2O2. The summed E-state index contributed by atoms with van der Waals surface area (Å²) in [5.74, 6) is 0.127. The summed E-state index contributed by atoms with van der Waals surface area (Å²) >= 11 is 0. The van der Waals surface area contributed by atoms with Crippen LogP contribution in [0.25, 0.3) is 0 Å². The van der Waals surface area contributed by atoms with Crippen LogP contribution in [0.5, 0.6) is 0 Å². The highest BCUT2D eigenvalue weighted by molar-refractivity contribution is 5.81. The smallest absolute Gasteiger partial charge is 0.237 e. The van der Waals surface area contributed by atoms with Gasteiger partial charge in [0, 0.05) is 13.2 Å². The molecule has 100 valence electrons. The average molecular weight is 242 g/mol. The maximum absolute atomic E-state index is 11.9. The average Bonchev–Trinajstić information content (AvgIpc) is 2.35. The van der Waals surface area contributed by atoms with Gasteiger partial charge in [-0.05, 0) is 37.6 Å². The number of aliphatic hydroxyl groups is 1. The van der Waals surface area contributed by atoms with E-state index < -0.39 is 0 Å². The molecule has 0 bridgehead atoms. The quantitative estimate of drug-likeness (QED) is 0.652. The van der Waals surface area contributed by atoms with E-state index in [9.17, 15) is 4.79 Å². The van der Waals surface area contributed by atoms with E-state index >= 15 is 0 Å². The van der Waals surface area contributed by atoms with Crippen LogP contribution in [-0.4, -0.2) is 36.8 Å². The number of piperidine rings is 1. The van der Waals surface area contributed by atoms with Gasteiger partial charge in [0.2, 0.25) is 5.91 Å². The van der Waals surface area contributed by atoms with Crippen molar-refractivity contribution in [1.29, 1.82) is 0 Å². The van der Waals surface area contributed by atoms with Crippen LogP contribution in [0.15, 0.2) is 0 Å². The van der Waals surface area contributed by atoms with E-state index in [1.165, 1.54) is 6.42 Å². The monoisotopic (exact) mass is 242 g/mol. The van der Waals surface area contributed by atoms with Gasteiger partial charge in [0.1, 0.15) is 0 Å². The molecule has 0 aromatic rings. The number of hydrogen-bond donors (Lipinski definition) is 3. The third-order valence-electron chi connectivity index (χ3n) is 3.38. The lowest BCUT2D eigenvalue weighted by Gasteiger charge is -2.27. The Morgan fingerprint density at radius 3 is 2.82 bits per heavy atom. The van der Waals surface area contributed by atoms with E-state index in [-0.39, 0.29) is 24.0 Å². The highest BCUT2D eigenvalue weighted by atomic mass is 16.2. The summed E-state index contributed by atoms with van der Waals surface area (Å²) in [7, 11) is 0. The number of carbonyl (C=O) groups is 1. The molecule has 1 aliphatic heterocycles. The third-order valence-corrected chi connectivity index (χ3v) is 3.38. The number of amides is 1. The van der Waals surface area contributed by atoms with Crippen molar-refractivity contribution in [3.05, 3.63) is 0 Å². The summed E-state index contributed by atoms with van der Waals surface area (Å²) in [6, 6.07) is -0.00241. The summed E-state index contributed by atoms with van der Waals surface area (Å²) in [5, 5.41) is 15.1. The first kappa shape index (κ1) is 14.5. The van der Waals surface area contributed by atoms with E-state index in [2.05, 4.69) is 24.5 Å². The topological polar surface area (TPSA) is 61.4 Å². The van der Waals surface area contributed by atoms with Gasteiger partial charge < -0.3 is 15.7 Å². The Bertz CT molecular complexity index is 236. The van der Waals surface area contributed by atoms with Crippen LogP contribution in [-0.2, 0) is 4.79 Å². The fourth-order valence-electron chi connectivity index (χ4n) is 2.17. The largest absolute Gasteiger partial charge is 0.396 e. The third kappa shape index (κ3) is 5.50.